The molecule has 0 spiro atoms. The van der Waals surface area contributed by atoms with Crippen LogP contribution < -0.4 is 5.32 Å². The summed E-state index contributed by atoms with van der Waals surface area (Å²) in [6, 6.07) is 13.0. The van der Waals surface area contributed by atoms with E-state index >= 15 is 0 Å². The molecule has 0 unspecified atom stereocenters. The van der Waals surface area contributed by atoms with Gasteiger partial charge in [0.15, 0.2) is 6.61 Å². The van der Waals surface area contributed by atoms with E-state index in [2.05, 4.69) is 10.4 Å². The molecular weight excluding hydrogens is 364 g/mol. The van der Waals surface area contributed by atoms with Crippen LogP contribution >= 0.6 is 11.3 Å². The minimum atomic E-state index is -0.617. The predicted octanol–water partition coefficient (Wildman–Crippen LogP) is 3.22. The maximum absolute atomic E-state index is 12.5. The molecule has 0 atom stereocenters. The first kappa shape index (κ1) is 18.4. The van der Waals surface area contributed by atoms with Gasteiger partial charge < -0.3 is 10.1 Å². The van der Waals surface area contributed by atoms with Gasteiger partial charge in [0.05, 0.1) is 22.6 Å². The number of hydrogen-bond acceptors (Lipinski definition) is 6. The van der Waals surface area contributed by atoms with Crippen LogP contribution in [0.2, 0.25) is 0 Å². The molecule has 0 aliphatic heterocycles. The molecule has 2 heterocycles. The molecule has 0 saturated heterocycles. The normalized spacial score (nSPS) is 10.3. The van der Waals surface area contributed by atoms with Crippen LogP contribution in [0, 0.1) is 25.2 Å². The van der Waals surface area contributed by atoms with Gasteiger partial charge in [-0.2, -0.15) is 10.4 Å². The van der Waals surface area contributed by atoms with E-state index in [1.807, 2.05) is 36.4 Å². The number of ether oxygens (including phenoxy) is 1. The minimum absolute atomic E-state index is 0.334. The van der Waals surface area contributed by atoms with Gasteiger partial charge in [0.1, 0.15) is 16.6 Å². The van der Waals surface area contributed by atoms with Crippen molar-refractivity contribution < 1.29 is 14.3 Å². The van der Waals surface area contributed by atoms with Crippen LogP contribution in [0.25, 0.3) is 5.69 Å². The Bertz CT molecular complexity index is 1030. The first-order chi connectivity index (χ1) is 13.0. The molecule has 0 aliphatic carbocycles. The molecule has 0 bridgehead atoms. The number of carbonyl (C=O) groups excluding carboxylic acids is 2. The number of hydrogen-bond donors (Lipinski definition) is 1. The van der Waals surface area contributed by atoms with Crippen LogP contribution in [-0.2, 0) is 9.53 Å². The van der Waals surface area contributed by atoms with Gasteiger partial charge in [0.2, 0.25) is 0 Å². The van der Waals surface area contributed by atoms with Crippen molar-refractivity contribution in [3.05, 3.63) is 64.3 Å². The maximum Gasteiger partial charge on any atom is 0.342 e. The van der Waals surface area contributed by atoms with Gasteiger partial charge in [-0.05, 0) is 37.4 Å². The Labute approximate surface area is 159 Å². The molecule has 0 radical (unpaired) electrons. The fourth-order valence-electron chi connectivity index (χ4n) is 2.62. The molecule has 0 fully saturated rings. The Morgan fingerprint density at radius 1 is 1.26 bits per heavy atom. The highest BCUT2D eigenvalue weighted by Crippen LogP contribution is 2.22. The lowest BCUT2D eigenvalue weighted by Crippen LogP contribution is -2.21. The number of aryl methyl sites for hydroxylation is 1. The van der Waals surface area contributed by atoms with Crippen LogP contribution in [0.4, 0.5) is 5.00 Å². The predicted molar refractivity (Wildman–Crippen MR) is 101 cm³/mol. The van der Waals surface area contributed by atoms with Crippen molar-refractivity contribution in [2.45, 2.75) is 13.8 Å². The molecule has 1 aromatic carbocycles. The highest BCUT2D eigenvalue weighted by Gasteiger charge is 2.21. The lowest BCUT2D eigenvalue weighted by molar-refractivity contribution is -0.119. The van der Waals surface area contributed by atoms with E-state index in [-0.39, 0.29) is 0 Å². The number of nitrogens with zero attached hydrogens (tertiary/aromatic N) is 3. The summed E-state index contributed by atoms with van der Waals surface area (Å²) >= 11 is 1.23. The average Bonchev–Trinajstić information content (AvgIpc) is 3.24. The number of amides is 1. The van der Waals surface area contributed by atoms with Crippen molar-refractivity contribution in [3.63, 3.8) is 0 Å². The number of nitrogens with one attached hydrogen (secondary N) is 1. The third-order valence-electron chi connectivity index (χ3n) is 3.87. The zero-order valence-corrected chi connectivity index (χ0v) is 15.5. The number of nitriles is 1. The molecule has 1 amide bonds. The van der Waals surface area contributed by atoms with Crippen LogP contribution in [-0.4, -0.2) is 28.3 Å². The molecule has 136 valence electrons. The zero-order chi connectivity index (χ0) is 19.4. The topological polar surface area (TPSA) is 97.0 Å². The average molecular weight is 380 g/mol. The second kappa shape index (κ2) is 7.85. The van der Waals surface area contributed by atoms with E-state index < -0.39 is 18.5 Å². The van der Waals surface area contributed by atoms with E-state index in [1.54, 1.807) is 30.0 Å². The Morgan fingerprint density at radius 2 is 2.00 bits per heavy atom. The summed E-state index contributed by atoms with van der Waals surface area (Å²) in [6.45, 7) is 3.04. The number of rotatable bonds is 5. The van der Waals surface area contributed by atoms with E-state index in [0.717, 1.165) is 5.69 Å². The number of para-hydroxylation sites is 1. The number of thiophene rings is 1. The smallest absolute Gasteiger partial charge is 0.342 e. The fraction of sp³-hybridized carbons (Fsp3) is 0.158. The highest BCUT2D eigenvalue weighted by atomic mass is 32.1. The van der Waals surface area contributed by atoms with Gasteiger partial charge in [-0.25, -0.2) is 9.48 Å². The van der Waals surface area contributed by atoms with Crippen molar-refractivity contribution >= 4 is 28.2 Å². The lowest BCUT2D eigenvalue weighted by Gasteiger charge is -2.07. The molecule has 2 aromatic heterocycles. The molecule has 3 rings (SSSR count). The molecule has 27 heavy (non-hydrogen) atoms. The quantitative estimate of drug-likeness (QED) is 0.686. The summed E-state index contributed by atoms with van der Waals surface area (Å²) in [5.41, 5.74) is 2.69. The standard InChI is InChI=1S/C19H16N4O3S/c1-12-17(13(2)23(22-12)15-6-4-3-5-7-15)19(25)26-11-16(24)21-18-14(10-20)8-9-27-18/h3-9H,11H2,1-2H3,(H,21,24). The van der Waals surface area contributed by atoms with E-state index in [0.29, 0.717) is 27.5 Å². The molecular formula is C19H16N4O3S. The van der Waals surface area contributed by atoms with Crippen LogP contribution in [0.15, 0.2) is 41.8 Å². The number of benzene rings is 1. The summed E-state index contributed by atoms with van der Waals surface area (Å²) in [5.74, 6) is -1.12. The van der Waals surface area contributed by atoms with Gasteiger partial charge in [0, 0.05) is 0 Å². The van der Waals surface area contributed by atoms with E-state index in [1.165, 1.54) is 11.3 Å². The van der Waals surface area contributed by atoms with Crippen molar-refractivity contribution in [2.75, 3.05) is 11.9 Å². The molecule has 0 aliphatic rings. The number of esters is 1. The first-order valence-corrected chi connectivity index (χ1v) is 8.95. The SMILES string of the molecule is Cc1nn(-c2ccccc2)c(C)c1C(=O)OCC(=O)Nc1sccc1C#N. The first-order valence-electron chi connectivity index (χ1n) is 8.07. The van der Waals surface area contributed by atoms with Crippen LogP contribution in [0.1, 0.15) is 27.3 Å². The van der Waals surface area contributed by atoms with Crippen molar-refractivity contribution in [1.29, 1.82) is 5.26 Å². The van der Waals surface area contributed by atoms with Gasteiger partial charge in [-0.15, -0.1) is 11.3 Å². The highest BCUT2D eigenvalue weighted by molar-refractivity contribution is 7.14. The van der Waals surface area contributed by atoms with Gasteiger partial charge in [-0.1, -0.05) is 18.2 Å². The number of anilines is 1. The Kier molecular flexibility index (Phi) is 5.33. The number of carbonyl (C=O) groups is 2. The van der Waals surface area contributed by atoms with Gasteiger partial charge in [0.25, 0.3) is 5.91 Å². The zero-order valence-electron chi connectivity index (χ0n) is 14.7. The number of aromatic nitrogens is 2. The summed E-state index contributed by atoms with van der Waals surface area (Å²) in [4.78, 5) is 24.5. The maximum atomic E-state index is 12.5. The summed E-state index contributed by atoms with van der Waals surface area (Å²) in [5, 5.41) is 18.0. The van der Waals surface area contributed by atoms with E-state index in [4.69, 9.17) is 10.00 Å². The van der Waals surface area contributed by atoms with Crippen LogP contribution in [0.3, 0.4) is 0 Å². The summed E-state index contributed by atoms with van der Waals surface area (Å²) < 4.78 is 6.80. The molecule has 7 nitrogen and oxygen atoms in total. The molecule has 3 aromatic rings. The van der Waals surface area contributed by atoms with Crippen molar-refractivity contribution in [1.82, 2.24) is 9.78 Å². The third-order valence-corrected chi connectivity index (χ3v) is 4.70. The van der Waals surface area contributed by atoms with E-state index in [9.17, 15) is 9.59 Å². The van der Waals surface area contributed by atoms with Crippen LogP contribution in [0.5, 0.6) is 0 Å². The van der Waals surface area contributed by atoms with Gasteiger partial charge in [-0.3, -0.25) is 4.79 Å². The Morgan fingerprint density at radius 3 is 2.70 bits per heavy atom. The largest absolute Gasteiger partial charge is 0.452 e. The second-order valence-corrected chi connectivity index (χ2v) is 6.61. The Balaban J connectivity index is 1.69. The monoisotopic (exact) mass is 380 g/mol. The lowest BCUT2D eigenvalue weighted by atomic mass is 10.2. The minimum Gasteiger partial charge on any atom is -0.452 e. The van der Waals surface area contributed by atoms with Crippen molar-refractivity contribution in [2.24, 2.45) is 0 Å². The van der Waals surface area contributed by atoms with Crippen molar-refractivity contribution in [3.8, 4) is 11.8 Å². The summed E-state index contributed by atoms with van der Waals surface area (Å²) in [6.07, 6.45) is 0. The molecule has 1 N–H and O–H groups in total. The van der Waals surface area contributed by atoms with Gasteiger partial charge >= 0.3 is 5.97 Å². The second-order valence-electron chi connectivity index (χ2n) is 5.69. The third kappa shape index (κ3) is 3.88. The Hall–Kier alpha value is -3.44. The fourth-order valence-corrected chi connectivity index (χ4v) is 3.37. The summed E-state index contributed by atoms with van der Waals surface area (Å²) in [7, 11) is 0. The molecule has 8 heteroatoms. The molecule has 0 saturated carbocycles.